The lowest BCUT2D eigenvalue weighted by atomic mass is 10.1. The highest BCUT2D eigenvalue weighted by atomic mass is 16.5. The van der Waals surface area contributed by atoms with E-state index >= 15 is 0 Å². The molecule has 0 aliphatic heterocycles. The number of aromatic nitrogens is 1. The summed E-state index contributed by atoms with van der Waals surface area (Å²) in [7, 11) is 3.33. The lowest BCUT2D eigenvalue weighted by Gasteiger charge is -2.00. The van der Waals surface area contributed by atoms with E-state index in [0.717, 1.165) is 33.9 Å². The highest BCUT2D eigenvalue weighted by Crippen LogP contribution is 2.15. The van der Waals surface area contributed by atoms with Crippen molar-refractivity contribution in [2.45, 2.75) is 0 Å². The Bertz CT molecular complexity index is 801. The molecule has 130 valence electrons. The van der Waals surface area contributed by atoms with E-state index in [1.54, 1.807) is 14.2 Å². The Balaban J connectivity index is 1.63. The van der Waals surface area contributed by atoms with E-state index in [1.165, 1.54) is 0 Å². The molecular formula is C23H21NO2. The molecule has 3 rings (SSSR count). The van der Waals surface area contributed by atoms with Gasteiger partial charge in [0.25, 0.3) is 0 Å². The lowest BCUT2D eigenvalue weighted by Crippen LogP contribution is -1.83. The first-order valence-electron chi connectivity index (χ1n) is 8.37. The number of benzene rings is 2. The van der Waals surface area contributed by atoms with Crippen molar-refractivity contribution in [3.8, 4) is 11.5 Å². The van der Waals surface area contributed by atoms with Crippen molar-refractivity contribution in [3.05, 3.63) is 89.2 Å². The molecule has 26 heavy (non-hydrogen) atoms. The summed E-state index contributed by atoms with van der Waals surface area (Å²) in [5, 5.41) is 0. The number of methoxy groups -OCH3 is 2. The summed E-state index contributed by atoms with van der Waals surface area (Å²) in [6.07, 6.45) is 10.0. The highest BCUT2D eigenvalue weighted by Gasteiger charge is 1.94. The average molecular weight is 343 g/mol. The Hall–Kier alpha value is -3.33. The van der Waals surface area contributed by atoms with Gasteiger partial charge in [0.15, 0.2) is 0 Å². The number of pyridine rings is 1. The van der Waals surface area contributed by atoms with Crippen molar-refractivity contribution in [2.24, 2.45) is 0 Å². The Morgan fingerprint density at radius 3 is 1.50 bits per heavy atom. The second-order valence-corrected chi connectivity index (χ2v) is 5.73. The molecule has 0 aliphatic rings. The number of hydrogen-bond donors (Lipinski definition) is 0. The molecule has 0 unspecified atom stereocenters. The summed E-state index contributed by atoms with van der Waals surface area (Å²) in [6, 6.07) is 19.9. The van der Waals surface area contributed by atoms with Gasteiger partial charge in [0.05, 0.1) is 19.9 Å². The van der Waals surface area contributed by atoms with Crippen LogP contribution in [-0.2, 0) is 0 Å². The summed E-state index contributed by atoms with van der Waals surface area (Å²) in [4.78, 5) is 4.48. The van der Waals surface area contributed by atoms with E-state index in [2.05, 4.69) is 17.1 Å². The van der Waals surface area contributed by atoms with Gasteiger partial charge in [0.1, 0.15) is 11.5 Å². The van der Waals surface area contributed by atoms with Crippen molar-refractivity contribution >= 4 is 24.3 Å². The fourth-order valence-electron chi connectivity index (χ4n) is 2.42. The van der Waals surface area contributed by atoms with E-state index in [-0.39, 0.29) is 0 Å². The first-order valence-corrected chi connectivity index (χ1v) is 8.37. The second-order valence-electron chi connectivity index (χ2n) is 5.73. The van der Waals surface area contributed by atoms with E-state index in [1.807, 2.05) is 79.0 Å². The predicted molar refractivity (Wildman–Crippen MR) is 108 cm³/mol. The Morgan fingerprint density at radius 1 is 0.577 bits per heavy atom. The van der Waals surface area contributed by atoms with Crippen LogP contribution in [0.1, 0.15) is 22.4 Å². The van der Waals surface area contributed by atoms with Crippen LogP contribution in [0.2, 0.25) is 0 Å². The molecule has 0 saturated carbocycles. The molecule has 0 radical (unpaired) electrons. The first-order chi connectivity index (χ1) is 12.8. The smallest absolute Gasteiger partial charge is 0.118 e. The number of hydrogen-bond acceptors (Lipinski definition) is 3. The van der Waals surface area contributed by atoms with Gasteiger partial charge in [-0.15, -0.1) is 0 Å². The molecule has 0 spiro atoms. The normalized spacial score (nSPS) is 11.2. The first kappa shape index (κ1) is 17.5. The maximum absolute atomic E-state index is 5.16. The van der Waals surface area contributed by atoms with Gasteiger partial charge in [-0.05, 0) is 53.1 Å². The molecule has 1 aromatic heterocycles. The summed E-state index contributed by atoms with van der Waals surface area (Å²) in [5.41, 5.74) is 4.20. The minimum Gasteiger partial charge on any atom is -0.497 e. The van der Waals surface area contributed by atoms with Crippen molar-refractivity contribution < 1.29 is 9.47 Å². The van der Waals surface area contributed by atoms with Crippen LogP contribution in [0.15, 0.2) is 66.9 Å². The van der Waals surface area contributed by atoms with Crippen LogP contribution in [0.3, 0.4) is 0 Å². The van der Waals surface area contributed by atoms with Gasteiger partial charge >= 0.3 is 0 Å². The van der Waals surface area contributed by atoms with E-state index in [9.17, 15) is 0 Å². The largest absolute Gasteiger partial charge is 0.497 e. The zero-order chi connectivity index (χ0) is 18.2. The van der Waals surface area contributed by atoms with E-state index < -0.39 is 0 Å². The highest BCUT2D eigenvalue weighted by molar-refractivity contribution is 5.71. The van der Waals surface area contributed by atoms with Crippen molar-refractivity contribution in [2.75, 3.05) is 14.2 Å². The Labute approximate surface area is 154 Å². The molecule has 1 heterocycles. The maximum Gasteiger partial charge on any atom is 0.118 e. The number of ether oxygens (including phenoxy) is 2. The fraction of sp³-hybridized carbons (Fsp3) is 0.0870. The zero-order valence-electron chi connectivity index (χ0n) is 14.9. The molecular weight excluding hydrogens is 322 g/mol. The fourth-order valence-corrected chi connectivity index (χ4v) is 2.42. The minimum absolute atomic E-state index is 0.855. The third-order valence-corrected chi connectivity index (χ3v) is 3.96. The van der Waals surface area contributed by atoms with Gasteiger partial charge in [0.2, 0.25) is 0 Å². The van der Waals surface area contributed by atoms with Crippen molar-refractivity contribution in [1.82, 2.24) is 4.98 Å². The van der Waals surface area contributed by atoms with Crippen LogP contribution >= 0.6 is 0 Å². The SMILES string of the molecule is COc1ccc(/C=C/c2ccc(/C=C/c3ccc(OC)cc3)nc2)cc1. The molecule has 2 aromatic carbocycles. The van der Waals surface area contributed by atoms with Crippen LogP contribution in [0.4, 0.5) is 0 Å². The predicted octanol–water partition coefficient (Wildman–Crippen LogP) is 5.44. The van der Waals surface area contributed by atoms with E-state index in [4.69, 9.17) is 9.47 Å². The zero-order valence-corrected chi connectivity index (χ0v) is 14.9. The molecule has 0 bridgehead atoms. The number of rotatable bonds is 6. The molecule has 0 atom stereocenters. The van der Waals surface area contributed by atoms with Gasteiger partial charge in [-0.1, -0.05) is 48.6 Å². The van der Waals surface area contributed by atoms with Gasteiger partial charge in [-0.25, -0.2) is 0 Å². The minimum atomic E-state index is 0.855. The average Bonchev–Trinajstić information content (AvgIpc) is 2.72. The van der Waals surface area contributed by atoms with Gasteiger partial charge in [0, 0.05) is 6.20 Å². The maximum atomic E-state index is 5.16. The van der Waals surface area contributed by atoms with Gasteiger partial charge in [-0.2, -0.15) is 0 Å². The third-order valence-electron chi connectivity index (χ3n) is 3.96. The van der Waals surface area contributed by atoms with Crippen molar-refractivity contribution in [1.29, 1.82) is 0 Å². The lowest BCUT2D eigenvalue weighted by molar-refractivity contribution is 0.414. The topological polar surface area (TPSA) is 31.4 Å². The third kappa shape index (κ3) is 4.84. The van der Waals surface area contributed by atoms with Crippen LogP contribution in [0.5, 0.6) is 11.5 Å². The molecule has 3 aromatic rings. The molecule has 0 N–H and O–H groups in total. The van der Waals surface area contributed by atoms with E-state index in [0.29, 0.717) is 0 Å². The van der Waals surface area contributed by atoms with Crippen LogP contribution in [0, 0.1) is 0 Å². The quantitative estimate of drug-likeness (QED) is 0.597. The summed E-state index contributed by atoms with van der Waals surface area (Å²) in [5.74, 6) is 1.71. The number of nitrogens with zero attached hydrogens (tertiary/aromatic N) is 1. The molecule has 0 saturated heterocycles. The Kier molecular flexibility index (Phi) is 5.84. The van der Waals surface area contributed by atoms with Crippen LogP contribution in [0.25, 0.3) is 24.3 Å². The summed E-state index contributed by atoms with van der Waals surface area (Å²) >= 11 is 0. The van der Waals surface area contributed by atoms with Crippen molar-refractivity contribution in [3.63, 3.8) is 0 Å². The molecule has 0 aliphatic carbocycles. The molecule has 3 heteroatoms. The second kappa shape index (κ2) is 8.67. The molecule has 0 fully saturated rings. The Morgan fingerprint density at radius 2 is 1.04 bits per heavy atom. The monoisotopic (exact) mass is 343 g/mol. The van der Waals surface area contributed by atoms with Gasteiger partial charge in [-0.3, -0.25) is 4.98 Å². The van der Waals surface area contributed by atoms with Gasteiger partial charge < -0.3 is 9.47 Å². The summed E-state index contributed by atoms with van der Waals surface area (Å²) < 4.78 is 10.3. The summed E-state index contributed by atoms with van der Waals surface area (Å²) in [6.45, 7) is 0. The standard InChI is InChI=1S/C23H21NO2/c1-25-22-13-7-18(8-14-22)3-4-20-6-12-21(24-17-20)11-5-19-9-15-23(26-2)16-10-19/h3-17H,1-2H3/b4-3+,11-5+. The molecule has 3 nitrogen and oxygen atoms in total. The molecule has 0 amide bonds. The van der Waals surface area contributed by atoms with Crippen LogP contribution < -0.4 is 9.47 Å². The van der Waals surface area contributed by atoms with Crippen LogP contribution in [-0.4, -0.2) is 19.2 Å².